The van der Waals surface area contributed by atoms with Crippen molar-refractivity contribution in [2.45, 2.75) is 31.2 Å². The van der Waals surface area contributed by atoms with Gasteiger partial charge in [0.2, 0.25) is 5.91 Å². The quantitative estimate of drug-likeness (QED) is 0.655. The van der Waals surface area contributed by atoms with Gasteiger partial charge in [-0.05, 0) is 6.20 Å². The Morgan fingerprint density at radius 3 is 2.53 bits per heavy atom. The number of carbonyl (C=O) groups excluding carboxylic acids is 1. The molecule has 2 heterocycles. The van der Waals surface area contributed by atoms with Crippen LogP contribution in [0.5, 0.6) is 0 Å². The second-order valence-corrected chi connectivity index (χ2v) is 3.88. The molecular formula is C10H16N2O3. The molecule has 1 amide bonds. The zero-order chi connectivity index (χ0) is 10.8. The van der Waals surface area contributed by atoms with Crippen molar-refractivity contribution in [1.82, 2.24) is 10.6 Å². The molecule has 0 aromatic heterocycles. The van der Waals surface area contributed by atoms with E-state index in [1.807, 2.05) is 0 Å². The molecule has 0 radical (unpaired) electrons. The summed E-state index contributed by atoms with van der Waals surface area (Å²) in [4.78, 5) is 10.9. The molecule has 0 bridgehead atoms. The maximum Gasteiger partial charge on any atom is 0.217 e. The molecule has 2 N–H and O–H groups in total. The largest absolute Gasteiger partial charge is 0.384 e. The molecule has 2 aliphatic rings. The maximum absolute atomic E-state index is 10.9. The van der Waals surface area contributed by atoms with Crippen LogP contribution in [0.15, 0.2) is 12.8 Å². The van der Waals surface area contributed by atoms with Crippen molar-refractivity contribution in [2.75, 3.05) is 13.2 Å². The predicted molar refractivity (Wildman–Crippen MR) is 54.2 cm³/mol. The van der Waals surface area contributed by atoms with Crippen LogP contribution in [0.4, 0.5) is 0 Å². The highest BCUT2D eigenvalue weighted by Gasteiger charge is 2.47. The molecule has 5 nitrogen and oxygen atoms in total. The topological polar surface area (TPSA) is 59.6 Å². The van der Waals surface area contributed by atoms with Crippen LogP contribution in [0, 0.1) is 0 Å². The highest BCUT2D eigenvalue weighted by Crippen LogP contribution is 2.26. The minimum Gasteiger partial charge on any atom is -0.384 e. The lowest BCUT2D eigenvalue weighted by Crippen LogP contribution is -2.44. The van der Waals surface area contributed by atoms with Crippen LogP contribution in [0.2, 0.25) is 0 Å². The van der Waals surface area contributed by atoms with Crippen LogP contribution < -0.4 is 10.6 Å². The third-order valence-corrected chi connectivity index (χ3v) is 2.77. The normalized spacial score (nSPS) is 38.5. The van der Waals surface area contributed by atoms with Gasteiger partial charge in [-0.1, -0.05) is 6.58 Å². The van der Waals surface area contributed by atoms with E-state index in [9.17, 15) is 4.79 Å². The molecule has 2 rings (SSSR count). The van der Waals surface area contributed by atoms with Gasteiger partial charge < -0.3 is 20.1 Å². The number of hydrogen-bond acceptors (Lipinski definition) is 4. The fraction of sp³-hybridized carbons (Fsp3) is 0.700. The number of nitrogens with one attached hydrogen (secondary N) is 2. The Labute approximate surface area is 88.8 Å². The molecular weight excluding hydrogens is 196 g/mol. The first-order valence-corrected chi connectivity index (χ1v) is 5.09. The van der Waals surface area contributed by atoms with Crippen molar-refractivity contribution >= 4 is 5.91 Å². The SMILES string of the molecule is C=CNC1COC2C(NC(C)=O)COC12. The number of rotatable bonds is 3. The summed E-state index contributed by atoms with van der Waals surface area (Å²) in [5.74, 6) is -0.0482. The molecule has 84 valence electrons. The van der Waals surface area contributed by atoms with Crippen LogP contribution in [0.3, 0.4) is 0 Å². The minimum atomic E-state index is -0.0482. The smallest absolute Gasteiger partial charge is 0.217 e. The summed E-state index contributed by atoms with van der Waals surface area (Å²) in [5.41, 5.74) is 0. The van der Waals surface area contributed by atoms with Crippen molar-refractivity contribution in [2.24, 2.45) is 0 Å². The Balaban J connectivity index is 1.95. The fourth-order valence-corrected chi connectivity index (χ4v) is 2.18. The Morgan fingerprint density at radius 2 is 1.93 bits per heavy atom. The first-order chi connectivity index (χ1) is 7.22. The van der Waals surface area contributed by atoms with Gasteiger partial charge in [0.15, 0.2) is 0 Å². The molecule has 2 aliphatic heterocycles. The molecule has 4 atom stereocenters. The van der Waals surface area contributed by atoms with Gasteiger partial charge in [-0.2, -0.15) is 0 Å². The standard InChI is InChI=1S/C10H16N2O3/c1-3-11-7-4-14-10-8(12-6(2)13)5-15-9(7)10/h3,7-11H,1,4-5H2,2H3,(H,12,13). The molecule has 0 aliphatic carbocycles. The molecule has 0 aromatic rings. The van der Waals surface area contributed by atoms with Gasteiger partial charge in [0, 0.05) is 6.92 Å². The lowest BCUT2D eigenvalue weighted by molar-refractivity contribution is -0.120. The van der Waals surface area contributed by atoms with Gasteiger partial charge in [0.1, 0.15) is 12.2 Å². The Morgan fingerprint density at radius 1 is 1.33 bits per heavy atom. The van der Waals surface area contributed by atoms with Gasteiger partial charge in [-0.3, -0.25) is 4.79 Å². The van der Waals surface area contributed by atoms with E-state index < -0.39 is 0 Å². The first kappa shape index (κ1) is 10.4. The van der Waals surface area contributed by atoms with E-state index in [1.54, 1.807) is 6.20 Å². The number of ether oxygens (including phenoxy) is 2. The third kappa shape index (κ3) is 1.98. The van der Waals surface area contributed by atoms with Crippen molar-refractivity contribution in [3.05, 3.63) is 12.8 Å². The van der Waals surface area contributed by atoms with Gasteiger partial charge in [0.05, 0.1) is 25.3 Å². The Bertz CT molecular complexity index is 269. The average Bonchev–Trinajstić information content (AvgIpc) is 2.71. The summed E-state index contributed by atoms with van der Waals surface area (Å²) >= 11 is 0. The summed E-state index contributed by atoms with van der Waals surface area (Å²) < 4.78 is 11.2. The average molecular weight is 212 g/mol. The van der Waals surface area contributed by atoms with E-state index in [0.717, 1.165) is 0 Å². The summed E-state index contributed by atoms with van der Waals surface area (Å²) in [6.07, 6.45) is 1.62. The van der Waals surface area contributed by atoms with Crippen LogP contribution in [0.1, 0.15) is 6.92 Å². The molecule has 2 fully saturated rings. The second-order valence-electron chi connectivity index (χ2n) is 3.88. The van der Waals surface area contributed by atoms with E-state index in [4.69, 9.17) is 9.47 Å². The van der Waals surface area contributed by atoms with Gasteiger partial charge in [-0.25, -0.2) is 0 Å². The molecule has 0 spiro atoms. The van der Waals surface area contributed by atoms with Crippen LogP contribution in [-0.4, -0.2) is 43.4 Å². The van der Waals surface area contributed by atoms with Gasteiger partial charge in [-0.15, -0.1) is 0 Å². The van der Waals surface area contributed by atoms with E-state index in [2.05, 4.69) is 17.2 Å². The van der Waals surface area contributed by atoms with E-state index in [-0.39, 0.29) is 30.2 Å². The molecule has 0 aromatic carbocycles. The zero-order valence-corrected chi connectivity index (χ0v) is 8.73. The molecule has 5 heteroatoms. The lowest BCUT2D eigenvalue weighted by atomic mass is 10.1. The van der Waals surface area contributed by atoms with Crippen molar-refractivity contribution in [3.8, 4) is 0 Å². The summed E-state index contributed by atoms with van der Waals surface area (Å²) in [6, 6.07) is 0.121. The third-order valence-electron chi connectivity index (χ3n) is 2.77. The zero-order valence-electron chi connectivity index (χ0n) is 8.73. The van der Waals surface area contributed by atoms with E-state index >= 15 is 0 Å². The number of hydrogen-bond donors (Lipinski definition) is 2. The summed E-state index contributed by atoms with van der Waals surface area (Å²) in [7, 11) is 0. The first-order valence-electron chi connectivity index (χ1n) is 5.09. The monoisotopic (exact) mass is 212 g/mol. The molecule has 4 unspecified atom stereocenters. The van der Waals surface area contributed by atoms with Gasteiger partial charge in [0.25, 0.3) is 0 Å². The predicted octanol–water partition coefficient (Wildman–Crippen LogP) is -0.610. The van der Waals surface area contributed by atoms with Crippen LogP contribution >= 0.6 is 0 Å². The number of fused-ring (bicyclic) bond motifs is 1. The molecule has 0 saturated carbocycles. The van der Waals surface area contributed by atoms with Crippen LogP contribution in [-0.2, 0) is 14.3 Å². The van der Waals surface area contributed by atoms with Crippen molar-refractivity contribution in [3.63, 3.8) is 0 Å². The Kier molecular flexibility index (Phi) is 2.93. The Hall–Kier alpha value is -1.07. The number of carbonyl (C=O) groups is 1. The lowest BCUT2D eigenvalue weighted by Gasteiger charge is -2.16. The molecule has 15 heavy (non-hydrogen) atoms. The van der Waals surface area contributed by atoms with Crippen molar-refractivity contribution in [1.29, 1.82) is 0 Å². The second kappa shape index (κ2) is 4.20. The van der Waals surface area contributed by atoms with E-state index in [0.29, 0.717) is 13.2 Å². The fourth-order valence-electron chi connectivity index (χ4n) is 2.18. The van der Waals surface area contributed by atoms with Gasteiger partial charge >= 0.3 is 0 Å². The van der Waals surface area contributed by atoms with Crippen molar-refractivity contribution < 1.29 is 14.3 Å². The summed E-state index contributed by atoms with van der Waals surface area (Å²) in [6.45, 7) is 6.23. The maximum atomic E-state index is 10.9. The van der Waals surface area contributed by atoms with Crippen LogP contribution in [0.25, 0.3) is 0 Å². The summed E-state index contributed by atoms with van der Waals surface area (Å²) in [5, 5.41) is 5.92. The minimum absolute atomic E-state index is 0.0137. The highest BCUT2D eigenvalue weighted by atomic mass is 16.6. The number of amides is 1. The molecule has 2 saturated heterocycles. The highest BCUT2D eigenvalue weighted by molar-refractivity contribution is 5.73. The van der Waals surface area contributed by atoms with E-state index in [1.165, 1.54) is 6.92 Å².